The first-order valence-corrected chi connectivity index (χ1v) is 13.1. The molecule has 0 N–H and O–H groups in total. The Labute approximate surface area is 158 Å². The van der Waals surface area contributed by atoms with Crippen molar-refractivity contribution in [3.8, 4) is 0 Å². The van der Waals surface area contributed by atoms with Gasteiger partial charge in [0.1, 0.15) is 0 Å². The van der Waals surface area contributed by atoms with Crippen LogP contribution in [-0.2, 0) is 4.74 Å². The van der Waals surface area contributed by atoms with E-state index in [1.807, 2.05) is 0 Å². The van der Waals surface area contributed by atoms with Crippen molar-refractivity contribution < 1.29 is 4.74 Å². The second-order valence-corrected chi connectivity index (χ2v) is 15.1. The molecule has 0 unspecified atom stereocenters. The first kappa shape index (κ1) is 18.3. The van der Waals surface area contributed by atoms with Gasteiger partial charge in [-0.2, -0.15) is 0 Å². The number of halogens is 1. The van der Waals surface area contributed by atoms with Gasteiger partial charge in [-0.1, -0.05) is 0 Å². The first-order valence-electron chi connectivity index (χ1n) is 8.67. The summed E-state index contributed by atoms with van der Waals surface area (Å²) in [5.74, 6) is 0. The van der Waals surface area contributed by atoms with E-state index in [-0.39, 0.29) is 0 Å². The van der Waals surface area contributed by atoms with Crippen LogP contribution in [0.2, 0.25) is 0 Å². The first-order chi connectivity index (χ1) is 12.2. The number of benzene rings is 3. The molecule has 3 heteroatoms. The Morgan fingerprint density at radius 3 is 1.36 bits per heavy atom. The minimum absolute atomic E-state index is 0.650. The van der Waals surface area contributed by atoms with E-state index in [1.54, 1.807) is 0 Å². The van der Waals surface area contributed by atoms with Gasteiger partial charge in [-0.3, -0.25) is 0 Å². The van der Waals surface area contributed by atoms with Crippen LogP contribution in [0.15, 0.2) is 91.0 Å². The van der Waals surface area contributed by atoms with Crippen LogP contribution in [0.5, 0.6) is 0 Å². The SMILES string of the molecule is CCCOCP(Br)(c1ccccc1)(c1ccccc1)c1ccccc1. The third-order valence-electron chi connectivity index (χ3n) is 4.57. The van der Waals surface area contributed by atoms with Crippen LogP contribution in [0.3, 0.4) is 0 Å². The van der Waals surface area contributed by atoms with Gasteiger partial charge in [-0.25, -0.2) is 0 Å². The molecule has 0 bridgehead atoms. The van der Waals surface area contributed by atoms with Crippen LogP contribution in [0.4, 0.5) is 0 Å². The molecule has 0 aliphatic heterocycles. The van der Waals surface area contributed by atoms with Crippen molar-refractivity contribution in [1.29, 1.82) is 0 Å². The standard InChI is InChI=1S/C22H24BrOP/c1-2-18-24-19-25(23,20-12-6-3-7-13-20,21-14-8-4-9-15-21)22-16-10-5-11-17-22/h3-17H,2,18-19H2,1H3. The molecule has 0 atom stereocenters. The van der Waals surface area contributed by atoms with Crippen molar-refractivity contribution in [2.24, 2.45) is 0 Å². The number of rotatable bonds is 7. The average molecular weight is 415 g/mol. The molecular weight excluding hydrogens is 391 g/mol. The molecule has 0 fully saturated rings. The maximum absolute atomic E-state index is 6.23. The molecule has 3 aromatic carbocycles. The fourth-order valence-corrected chi connectivity index (χ4v) is 10.0. The molecule has 0 heterocycles. The van der Waals surface area contributed by atoms with Gasteiger partial charge in [0, 0.05) is 0 Å². The molecule has 3 rings (SSSR count). The summed E-state index contributed by atoms with van der Waals surface area (Å²) in [5.41, 5.74) is 0. The third kappa shape index (κ3) is 3.31. The summed E-state index contributed by atoms with van der Waals surface area (Å²) < 4.78 is 6.23. The predicted molar refractivity (Wildman–Crippen MR) is 115 cm³/mol. The fourth-order valence-electron chi connectivity index (χ4n) is 3.27. The summed E-state index contributed by atoms with van der Waals surface area (Å²) in [5, 5.41) is 1.00. The van der Waals surface area contributed by atoms with E-state index in [0.717, 1.165) is 13.0 Å². The third-order valence-corrected chi connectivity index (χ3v) is 13.7. The normalized spacial score (nSPS) is 13.1. The van der Waals surface area contributed by atoms with E-state index in [2.05, 4.69) is 113 Å². The molecule has 0 spiro atoms. The van der Waals surface area contributed by atoms with E-state index in [4.69, 9.17) is 4.74 Å². The van der Waals surface area contributed by atoms with E-state index in [1.165, 1.54) is 15.9 Å². The monoisotopic (exact) mass is 414 g/mol. The Morgan fingerprint density at radius 2 is 1.04 bits per heavy atom. The fraction of sp³-hybridized carbons (Fsp3) is 0.182. The molecule has 25 heavy (non-hydrogen) atoms. The minimum atomic E-state index is -2.88. The second-order valence-electron chi connectivity index (χ2n) is 6.23. The summed E-state index contributed by atoms with van der Waals surface area (Å²) in [6.07, 6.45) is 1.66. The molecule has 0 radical (unpaired) electrons. The Balaban J connectivity index is 2.32. The van der Waals surface area contributed by atoms with Crippen molar-refractivity contribution in [3.63, 3.8) is 0 Å². The Kier molecular flexibility index (Phi) is 5.74. The molecule has 1 nitrogen and oxygen atoms in total. The molecule has 130 valence electrons. The molecule has 0 saturated heterocycles. The van der Waals surface area contributed by atoms with Crippen LogP contribution in [0.1, 0.15) is 13.3 Å². The summed E-state index contributed by atoms with van der Waals surface area (Å²) in [6.45, 7) is 2.91. The summed E-state index contributed by atoms with van der Waals surface area (Å²) >= 11 is 4.35. The van der Waals surface area contributed by atoms with Gasteiger partial charge in [0.15, 0.2) is 0 Å². The zero-order valence-electron chi connectivity index (χ0n) is 14.5. The topological polar surface area (TPSA) is 9.23 Å². The van der Waals surface area contributed by atoms with Crippen LogP contribution in [0.25, 0.3) is 0 Å². The molecule has 0 aliphatic rings. The van der Waals surface area contributed by atoms with Crippen molar-refractivity contribution in [2.45, 2.75) is 13.3 Å². The van der Waals surface area contributed by atoms with E-state index in [0.29, 0.717) is 6.35 Å². The van der Waals surface area contributed by atoms with Crippen LogP contribution in [-0.4, -0.2) is 13.0 Å². The Hall–Kier alpha value is -1.47. The van der Waals surface area contributed by atoms with Gasteiger partial charge in [-0.15, -0.1) is 0 Å². The van der Waals surface area contributed by atoms with E-state index in [9.17, 15) is 0 Å². The van der Waals surface area contributed by atoms with Gasteiger partial charge in [0.25, 0.3) is 0 Å². The van der Waals surface area contributed by atoms with Crippen molar-refractivity contribution >= 4 is 36.7 Å². The Morgan fingerprint density at radius 1 is 0.680 bits per heavy atom. The van der Waals surface area contributed by atoms with Crippen LogP contribution >= 0.6 is 20.8 Å². The molecule has 0 aromatic heterocycles. The number of hydrogen-bond donors (Lipinski definition) is 0. The van der Waals surface area contributed by atoms with Crippen LogP contribution in [0, 0.1) is 0 Å². The molecular formula is C22H24BrOP. The molecule has 3 aromatic rings. The quantitative estimate of drug-likeness (QED) is 0.380. The average Bonchev–Trinajstić information content (AvgIpc) is 2.70. The number of hydrogen-bond acceptors (Lipinski definition) is 1. The number of ether oxygens (including phenoxy) is 1. The maximum atomic E-state index is 6.23. The predicted octanol–water partition coefficient (Wildman–Crippen LogP) is 5.21. The summed E-state index contributed by atoms with van der Waals surface area (Å²) in [4.78, 5) is 0. The van der Waals surface area contributed by atoms with Gasteiger partial charge in [0.05, 0.1) is 0 Å². The van der Waals surface area contributed by atoms with Crippen molar-refractivity contribution in [1.82, 2.24) is 0 Å². The summed E-state index contributed by atoms with van der Waals surface area (Å²) in [7, 11) is 0. The van der Waals surface area contributed by atoms with Gasteiger partial charge >= 0.3 is 159 Å². The zero-order chi connectivity index (χ0) is 17.6. The van der Waals surface area contributed by atoms with E-state index < -0.39 is 5.31 Å². The van der Waals surface area contributed by atoms with Crippen LogP contribution < -0.4 is 15.9 Å². The van der Waals surface area contributed by atoms with Gasteiger partial charge < -0.3 is 0 Å². The second kappa shape index (κ2) is 7.83. The molecule has 0 saturated carbocycles. The van der Waals surface area contributed by atoms with Gasteiger partial charge in [-0.05, 0) is 0 Å². The molecule has 0 aliphatic carbocycles. The molecule has 0 amide bonds. The zero-order valence-corrected chi connectivity index (χ0v) is 17.0. The van der Waals surface area contributed by atoms with E-state index >= 15 is 0 Å². The van der Waals surface area contributed by atoms with Crippen molar-refractivity contribution in [3.05, 3.63) is 91.0 Å². The summed E-state index contributed by atoms with van der Waals surface area (Å²) in [6, 6.07) is 32.2. The Bertz CT molecular complexity index is 691. The van der Waals surface area contributed by atoms with Crippen molar-refractivity contribution in [2.75, 3.05) is 13.0 Å². The van der Waals surface area contributed by atoms with Gasteiger partial charge in [0.2, 0.25) is 0 Å².